The van der Waals surface area contributed by atoms with Crippen LogP contribution in [0.25, 0.3) is 16.9 Å². The number of amides is 1. The van der Waals surface area contributed by atoms with Gasteiger partial charge in [-0.1, -0.05) is 12.1 Å². The van der Waals surface area contributed by atoms with E-state index in [1.807, 2.05) is 0 Å². The highest BCUT2D eigenvalue weighted by Gasteiger charge is 2.30. The summed E-state index contributed by atoms with van der Waals surface area (Å²) in [6, 6.07) is 6.37. The SMILES string of the molecule is COc1ccncc1N(C)C(=O)c1cn2c(-c3ccc(C(F)(F)F)cc3)cnc2cn1. The Morgan fingerprint density at radius 1 is 1.06 bits per heavy atom. The number of anilines is 1. The molecule has 7 nitrogen and oxygen atoms in total. The van der Waals surface area contributed by atoms with E-state index < -0.39 is 17.6 Å². The molecule has 0 N–H and O–H groups in total. The average Bonchev–Trinajstić information content (AvgIpc) is 3.20. The number of hydrogen-bond donors (Lipinski definition) is 0. The third kappa shape index (κ3) is 3.79. The zero-order valence-electron chi connectivity index (χ0n) is 16.5. The van der Waals surface area contributed by atoms with Crippen LogP contribution in [0.2, 0.25) is 0 Å². The summed E-state index contributed by atoms with van der Waals surface area (Å²) >= 11 is 0. The van der Waals surface area contributed by atoms with Gasteiger partial charge in [0.05, 0.1) is 37.0 Å². The highest BCUT2D eigenvalue weighted by atomic mass is 19.4. The summed E-state index contributed by atoms with van der Waals surface area (Å²) in [7, 11) is 3.06. The Morgan fingerprint density at radius 2 is 1.81 bits per heavy atom. The largest absolute Gasteiger partial charge is 0.494 e. The molecule has 0 aliphatic carbocycles. The van der Waals surface area contributed by atoms with Crippen LogP contribution in [-0.2, 0) is 6.18 Å². The molecule has 0 saturated carbocycles. The van der Waals surface area contributed by atoms with E-state index in [4.69, 9.17) is 4.74 Å². The van der Waals surface area contributed by atoms with Crippen LogP contribution in [0.15, 0.2) is 61.3 Å². The van der Waals surface area contributed by atoms with Crippen LogP contribution in [-0.4, -0.2) is 39.4 Å². The molecule has 10 heteroatoms. The van der Waals surface area contributed by atoms with Crippen molar-refractivity contribution in [1.29, 1.82) is 0 Å². The van der Waals surface area contributed by atoms with Gasteiger partial charge in [-0.15, -0.1) is 0 Å². The molecule has 0 atom stereocenters. The van der Waals surface area contributed by atoms with Gasteiger partial charge in [-0.05, 0) is 12.1 Å². The number of alkyl halides is 3. The lowest BCUT2D eigenvalue weighted by atomic mass is 10.1. The van der Waals surface area contributed by atoms with E-state index in [1.165, 1.54) is 48.9 Å². The molecule has 0 aliphatic heterocycles. The zero-order valence-corrected chi connectivity index (χ0v) is 16.5. The lowest BCUT2D eigenvalue weighted by Crippen LogP contribution is -2.28. The minimum absolute atomic E-state index is 0.118. The van der Waals surface area contributed by atoms with Gasteiger partial charge >= 0.3 is 6.18 Å². The van der Waals surface area contributed by atoms with E-state index in [1.54, 1.807) is 23.7 Å². The van der Waals surface area contributed by atoms with Gasteiger partial charge in [0.15, 0.2) is 5.65 Å². The molecule has 0 saturated heterocycles. The van der Waals surface area contributed by atoms with Crippen molar-refractivity contribution in [2.45, 2.75) is 6.18 Å². The van der Waals surface area contributed by atoms with Crippen LogP contribution >= 0.6 is 0 Å². The number of nitrogens with zero attached hydrogens (tertiary/aromatic N) is 5. The van der Waals surface area contributed by atoms with Crippen molar-refractivity contribution in [3.05, 3.63) is 72.6 Å². The number of ether oxygens (including phenoxy) is 1. The van der Waals surface area contributed by atoms with Crippen molar-refractivity contribution in [2.75, 3.05) is 19.1 Å². The number of carbonyl (C=O) groups is 1. The van der Waals surface area contributed by atoms with Gasteiger partial charge in [0.1, 0.15) is 17.1 Å². The highest BCUT2D eigenvalue weighted by Crippen LogP contribution is 2.31. The van der Waals surface area contributed by atoms with Gasteiger partial charge < -0.3 is 9.64 Å². The standard InChI is InChI=1S/C21H16F3N5O2/c1-28(17-9-25-8-7-18(17)31-2)20(30)15-12-29-16(10-27-19(29)11-26-15)13-3-5-14(6-4-13)21(22,23)24/h3-12H,1-2H3. The summed E-state index contributed by atoms with van der Waals surface area (Å²) < 4.78 is 45.4. The number of pyridine rings is 1. The molecule has 0 fully saturated rings. The van der Waals surface area contributed by atoms with Crippen molar-refractivity contribution < 1.29 is 22.7 Å². The molecular weight excluding hydrogens is 411 g/mol. The van der Waals surface area contributed by atoms with Crippen molar-refractivity contribution in [3.8, 4) is 17.0 Å². The minimum atomic E-state index is -4.42. The topological polar surface area (TPSA) is 72.6 Å². The molecule has 4 rings (SSSR count). The van der Waals surface area contributed by atoms with Crippen LogP contribution in [0.1, 0.15) is 16.1 Å². The number of fused-ring (bicyclic) bond motifs is 1. The molecule has 158 valence electrons. The smallest absolute Gasteiger partial charge is 0.416 e. The summed E-state index contributed by atoms with van der Waals surface area (Å²) in [6.45, 7) is 0. The minimum Gasteiger partial charge on any atom is -0.494 e. The van der Waals surface area contributed by atoms with Crippen molar-refractivity contribution in [2.24, 2.45) is 0 Å². The summed E-state index contributed by atoms with van der Waals surface area (Å²) in [5.74, 6) is 0.0558. The van der Waals surface area contributed by atoms with E-state index in [9.17, 15) is 18.0 Å². The first-order valence-corrected chi connectivity index (χ1v) is 9.06. The molecule has 0 radical (unpaired) electrons. The maximum absolute atomic E-state index is 13.0. The van der Waals surface area contributed by atoms with Crippen LogP contribution in [0.5, 0.6) is 5.75 Å². The predicted octanol–water partition coefficient (Wildman–Crippen LogP) is 4.10. The number of carbonyl (C=O) groups excluding carboxylic acids is 1. The first-order valence-electron chi connectivity index (χ1n) is 9.06. The normalized spacial score (nSPS) is 11.5. The van der Waals surface area contributed by atoms with E-state index in [0.29, 0.717) is 28.3 Å². The monoisotopic (exact) mass is 427 g/mol. The molecule has 1 amide bonds. The van der Waals surface area contributed by atoms with Gasteiger partial charge in [-0.2, -0.15) is 13.2 Å². The van der Waals surface area contributed by atoms with Crippen LogP contribution in [0, 0.1) is 0 Å². The van der Waals surface area contributed by atoms with Gasteiger partial charge in [-0.25, -0.2) is 9.97 Å². The number of aromatic nitrogens is 4. The first-order chi connectivity index (χ1) is 14.8. The molecule has 0 bridgehead atoms. The Hall–Kier alpha value is -3.95. The first kappa shape index (κ1) is 20.3. The number of benzene rings is 1. The Balaban J connectivity index is 1.71. The van der Waals surface area contributed by atoms with E-state index in [2.05, 4.69) is 15.0 Å². The lowest BCUT2D eigenvalue weighted by molar-refractivity contribution is -0.137. The fourth-order valence-electron chi connectivity index (χ4n) is 3.12. The Morgan fingerprint density at radius 3 is 2.48 bits per heavy atom. The van der Waals surface area contributed by atoms with E-state index in [-0.39, 0.29) is 5.69 Å². The van der Waals surface area contributed by atoms with Gasteiger partial charge in [-0.3, -0.25) is 14.2 Å². The second kappa shape index (κ2) is 7.71. The third-order valence-corrected chi connectivity index (χ3v) is 4.77. The van der Waals surface area contributed by atoms with Gasteiger partial charge in [0.2, 0.25) is 0 Å². The molecule has 31 heavy (non-hydrogen) atoms. The van der Waals surface area contributed by atoms with Crippen LogP contribution in [0.4, 0.5) is 18.9 Å². The molecule has 3 aromatic heterocycles. The third-order valence-electron chi connectivity index (χ3n) is 4.77. The second-order valence-electron chi connectivity index (χ2n) is 6.63. The predicted molar refractivity (Wildman–Crippen MR) is 107 cm³/mol. The number of methoxy groups -OCH3 is 1. The maximum Gasteiger partial charge on any atom is 0.416 e. The summed E-state index contributed by atoms with van der Waals surface area (Å²) in [6.07, 6.45) is 3.07. The maximum atomic E-state index is 13.0. The molecule has 4 aromatic rings. The summed E-state index contributed by atoms with van der Waals surface area (Å²) in [5, 5.41) is 0. The van der Waals surface area contributed by atoms with Crippen molar-refractivity contribution in [1.82, 2.24) is 19.4 Å². The average molecular weight is 427 g/mol. The van der Waals surface area contributed by atoms with Crippen LogP contribution in [0.3, 0.4) is 0 Å². The summed E-state index contributed by atoms with van der Waals surface area (Å²) in [4.78, 5) is 26.8. The number of imidazole rings is 1. The number of halogens is 3. The fourth-order valence-corrected chi connectivity index (χ4v) is 3.12. The van der Waals surface area contributed by atoms with Crippen molar-refractivity contribution in [3.63, 3.8) is 0 Å². The highest BCUT2D eigenvalue weighted by molar-refractivity contribution is 6.05. The summed E-state index contributed by atoms with van der Waals surface area (Å²) in [5.41, 5.74) is 1.34. The molecule has 0 spiro atoms. The number of hydrogen-bond acceptors (Lipinski definition) is 5. The van der Waals surface area contributed by atoms with Gasteiger partial charge in [0, 0.05) is 31.1 Å². The fraction of sp³-hybridized carbons (Fsp3) is 0.143. The van der Waals surface area contributed by atoms with E-state index >= 15 is 0 Å². The van der Waals surface area contributed by atoms with Crippen LogP contribution < -0.4 is 9.64 Å². The molecule has 0 aliphatic rings. The number of rotatable bonds is 4. The molecule has 0 unspecified atom stereocenters. The zero-order chi connectivity index (χ0) is 22.2. The Labute approximate surface area is 174 Å². The van der Waals surface area contributed by atoms with Gasteiger partial charge in [0.25, 0.3) is 5.91 Å². The molecule has 3 heterocycles. The van der Waals surface area contributed by atoms with E-state index in [0.717, 1.165) is 12.1 Å². The molecule has 1 aromatic carbocycles. The lowest BCUT2D eigenvalue weighted by Gasteiger charge is -2.19. The Kier molecular flexibility index (Phi) is 5.05. The quantitative estimate of drug-likeness (QED) is 0.491. The Bertz CT molecular complexity index is 1250. The van der Waals surface area contributed by atoms with Crippen molar-refractivity contribution >= 4 is 17.2 Å². The molecular formula is C21H16F3N5O2. The second-order valence-corrected chi connectivity index (χ2v) is 6.63.